The van der Waals surface area contributed by atoms with Crippen molar-refractivity contribution >= 4 is 23.4 Å². The fraction of sp³-hybridized carbons (Fsp3) is 0.370. The van der Waals surface area contributed by atoms with Gasteiger partial charge in [0.05, 0.1) is 23.8 Å². The van der Waals surface area contributed by atoms with Crippen LogP contribution in [0.3, 0.4) is 0 Å². The summed E-state index contributed by atoms with van der Waals surface area (Å²) in [4.78, 5) is 41.6. The number of carbonyl (C=O) groups is 2. The Morgan fingerprint density at radius 1 is 0.950 bits per heavy atom. The molecule has 1 aliphatic heterocycles. The summed E-state index contributed by atoms with van der Waals surface area (Å²) in [5.74, 6) is -1.43. The summed E-state index contributed by atoms with van der Waals surface area (Å²) in [6, 6.07) is 6.23. The zero-order valence-corrected chi connectivity index (χ0v) is 22.4. The van der Waals surface area contributed by atoms with Crippen molar-refractivity contribution < 1.29 is 31.9 Å². The van der Waals surface area contributed by atoms with Gasteiger partial charge in [0.1, 0.15) is 22.7 Å². The highest BCUT2D eigenvalue weighted by Gasteiger charge is 2.33. The minimum atomic E-state index is -4.68. The van der Waals surface area contributed by atoms with Crippen LogP contribution >= 0.6 is 0 Å². The Hall–Kier alpha value is -4.29. The van der Waals surface area contributed by atoms with Crippen LogP contribution < -0.4 is 9.80 Å². The molecule has 40 heavy (non-hydrogen) atoms. The topological polar surface area (TPSA) is 91.8 Å². The predicted octanol–water partition coefficient (Wildman–Crippen LogP) is 5.03. The molecule has 4 rings (SSSR count). The number of piperazine rings is 1. The van der Waals surface area contributed by atoms with E-state index in [-0.39, 0.29) is 28.7 Å². The fourth-order valence-corrected chi connectivity index (χ4v) is 4.02. The molecule has 1 saturated heterocycles. The van der Waals surface area contributed by atoms with Crippen molar-refractivity contribution in [3.05, 3.63) is 66.1 Å². The van der Waals surface area contributed by atoms with Gasteiger partial charge in [-0.2, -0.15) is 13.2 Å². The second-order valence-corrected chi connectivity index (χ2v) is 10.2. The van der Waals surface area contributed by atoms with Gasteiger partial charge in [0.2, 0.25) is 0 Å². The molecule has 1 fully saturated rings. The minimum Gasteiger partial charge on any atom is -0.444 e. The number of nitrogens with zero attached hydrogens (tertiary/aromatic N) is 6. The largest absolute Gasteiger partial charge is 0.444 e. The third-order valence-electron chi connectivity index (χ3n) is 6.11. The maximum atomic E-state index is 14.9. The quantitative estimate of drug-likeness (QED) is 0.414. The molecule has 13 heteroatoms. The van der Waals surface area contributed by atoms with Crippen molar-refractivity contribution in [2.75, 3.05) is 43.0 Å². The monoisotopic (exact) mass is 560 g/mol. The van der Waals surface area contributed by atoms with Crippen LogP contribution in [0.25, 0.3) is 11.3 Å². The zero-order chi connectivity index (χ0) is 29.2. The first-order valence-electron chi connectivity index (χ1n) is 12.4. The van der Waals surface area contributed by atoms with Gasteiger partial charge in [0.15, 0.2) is 5.82 Å². The number of alkyl halides is 3. The summed E-state index contributed by atoms with van der Waals surface area (Å²) >= 11 is 0. The number of rotatable bonds is 4. The van der Waals surface area contributed by atoms with Gasteiger partial charge in [-0.15, -0.1) is 0 Å². The van der Waals surface area contributed by atoms with Gasteiger partial charge in [-0.05, 0) is 45.0 Å². The molecule has 4 heterocycles. The number of pyridine rings is 3. The second-order valence-electron chi connectivity index (χ2n) is 10.2. The molecule has 0 atom stereocenters. The van der Waals surface area contributed by atoms with E-state index in [4.69, 9.17) is 4.74 Å². The third-order valence-corrected chi connectivity index (χ3v) is 6.11. The standard InChI is InChI=1S/C27H28F4N6O3/c1-26(2,3)40-25(39)37-11-9-36(10-12-37)18-5-6-21(33-15-18)24(38)35(4)19-14-20(28)23(34-16-19)17-7-8-32-22(13-17)27(29,30)31/h5-8,13-16H,9-12H2,1-4H3. The average molecular weight is 561 g/mol. The summed E-state index contributed by atoms with van der Waals surface area (Å²) in [6.07, 6.45) is -1.37. The number of aromatic nitrogens is 3. The Bertz CT molecular complexity index is 1380. The second kappa shape index (κ2) is 11.1. The Balaban J connectivity index is 1.41. The van der Waals surface area contributed by atoms with Gasteiger partial charge in [0.25, 0.3) is 5.91 Å². The van der Waals surface area contributed by atoms with Crippen molar-refractivity contribution in [1.29, 1.82) is 0 Å². The summed E-state index contributed by atoms with van der Waals surface area (Å²) in [6.45, 7) is 7.52. The molecule has 0 N–H and O–H groups in total. The summed E-state index contributed by atoms with van der Waals surface area (Å²) in [5.41, 5.74) is -1.15. The molecule has 0 unspecified atom stereocenters. The maximum Gasteiger partial charge on any atom is 0.433 e. The minimum absolute atomic E-state index is 0.0930. The van der Waals surface area contributed by atoms with Crippen LogP contribution in [0.15, 0.2) is 48.9 Å². The normalized spacial score (nSPS) is 14.2. The maximum absolute atomic E-state index is 14.9. The predicted molar refractivity (Wildman–Crippen MR) is 139 cm³/mol. The van der Waals surface area contributed by atoms with Crippen molar-refractivity contribution in [2.45, 2.75) is 32.5 Å². The molecule has 212 valence electrons. The number of hydrogen-bond donors (Lipinski definition) is 0. The van der Waals surface area contributed by atoms with Gasteiger partial charge >= 0.3 is 12.3 Å². The number of ether oxygens (including phenoxy) is 1. The molecular formula is C27H28F4N6O3. The van der Waals surface area contributed by atoms with Crippen LogP contribution in [0.2, 0.25) is 0 Å². The van der Waals surface area contributed by atoms with E-state index in [9.17, 15) is 27.2 Å². The summed E-state index contributed by atoms with van der Waals surface area (Å²) in [5, 5.41) is 0. The van der Waals surface area contributed by atoms with Crippen LogP contribution in [0, 0.1) is 5.82 Å². The lowest BCUT2D eigenvalue weighted by atomic mass is 10.1. The molecule has 0 aliphatic carbocycles. The van der Waals surface area contributed by atoms with Crippen LogP contribution in [-0.4, -0.2) is 70.7 Å². The lowest BCUT2D eigenvalue weighted by Gasteiger charge is -2.36. The molecule has 0 aromatic carbocycles. The number of anilines is 2. The molecule has 0 radical (unpaired) electrons. The highest BCUT2D eigenvalue weighted by atomic mass is 19.4. The highest BCUT2D eigenvalue weighted by Crippen LogP contribution is 2.31. The third kappa shape index (κ3) is 6.64. The first kappa shape index (κ1) is 28.7. The van der Waals surface area contributed by atoms with Crippen LogP contribution in [0.1, 0.15) is 37.0 Å². The molecule has 9 nitrogen and oxygen atoms in total. The van der Waals surface area contributed by atoms with Gasteiger partial charge in [-0.1, -0.05) is 0 Å². The van der Waals surface area contributed by atoms with Gasteiger partial charge in [-0.3, -0.25) is 14.8 Å². The van der Waals surface area contributed by atoms with Crippen molar-refractivity contribution in [3.63, 3.8) is 0 Å². The smallest absolute Gasteiger partial charge is 0.433 e. The molecule has 3 aromatic heterocycles. The molecule has 0 saturated carbocycles. The van der Waals surface area contributed by atoms with Gasteiger partial charge < -0.3 is 19.4 Å². The summed E-state index contributed by atoms with van der Waals surface area (Å²) < 4.78 is 59.2. The lowest BCUT2D eigenvalue weighted by molar-refractivity contribution is -0.141. The molecule has 2 amide bonds. The average Bonchev–Trinajstić information content (AvgIpc) is 2.91. The van der Waals surface area contributed by atoms with E-state index in [0.717, 1.165) is 22.9 Å². The van der Waals surface area contributed by atoms with Crippen molar-refractivity contribution in [3.8, 4) is 11.3 Å². The number of hydrogen-bond acceptors (Lipinski definition) is 7. The van der Waals surface area contributed by atoms with Crippen LogP contribution in [0.4, 0.5) is 33.7 Å². The lowest BCUT2D eigenvalue weighted by Crippen LogP contribution is -2.50. The fourth-order valence-electron chi connectivity index (χ4n) is 4.02. The Kier molecular flexibility index (Phi) is 7.94. The van der Waals surface area contributed by atoms with E-state index in [2.05, 4.69) is 15.0 Å². The van der Waals surface area contributed by atoms with E-state index in [0.29, 0.717) is 32.2 Å². The number of carbonyl (C=O) groups excluding carboxylic acids is 2. The SMILES string of the molecule is CN(C(=O)c1ccc(N2CCN(C(=O)OC(C)(C)C)CC2)cn1)c1cnc(-c2ccnc(C(F)(F)F)c2)c(F)c1. The van der Waals surface area contributed by atoms with Crippen LogP contribution in [-0.2, 0) is 10.9 Å². The van der Waals surface area contributed by atoms with E-state index in [1.54, 1.807) is 23.2 Å². The number of halogens is 4. The Labute approximate surface area is 228 Å². The molecule has 0 spiro atoms. The molecular weight excluding hydrogens is 532 g/mol. The zero-order valence-electron chi connectivity index (χ0n) is 22.4. The molecule has 0 bridgehead atoms. The van der Waals surface area contributed by atoms with Gasteiger partial charge in [0, 0.05) is 51.1 Å². The van der Waals surface area contributed by atoms with Gasteiger partial charge in [-0.25, -0.2) is 14.2 Å². The Morgan fingerprint density at radius 2 is 1.65 bits per heavy atom. The van der Waals surface area contributed by atoms with Crippen molar-refractivity contribution in [1.82, 2.24) is 19.9 Å². The van der Waals surface area contributed by atoms with E-state index in [1.807, 2.05) is 25.7 Å². The van der Waals surface area contributed by atoms with E-state index < -0.39 is 29.2 Å². The molecule has 1 aliphatic rings. The first-order valence-corrected chi connectivity index (χ1v) is 12.4. The number of amides is 2. The molecule has 3 aromatic rings. The Morgan fingerprint density at radius 3 is 2.23 bits per heavy atom. The highest BCUT2D eigenvalue weighted by molar-refractivity contribution is 6.04. The van der Waals surface area contributed by atoms with E-state index >= 15 is 0 Å². The first-order chi connectivity index (χ1) is 18.7. The summed E-state index contributed by atoms with van der Waals surface area (Å²) in [7, 11) is 1.41. The van der Waals surface area contributed by atoms with E-state index in [1.165, 1.54) is 19.3 Å². The van der Waals surface area contributed by atoms with Crippen molar-refractivity contribution in [2.24, 2.45) is 0 Å². The van der Waals surface area contributed by atoms with Crippen LogP contribution in [0.5, 0.6) is 0 Å².